The Morgan fingerprint density at radius 3 is 3.18 bits per heavy atom. The molecule has 0 aromatic heterocycles. The molecule has 17 heavy (non-hydrogen) atoms. The Kier molecular flexibility index (Phi) is 3.59. The number of hydrogen-bond donors (Lipinski definition) is 2. The first-order valence-corrected chi connectivity index (χ1v) is 5.52. The van der Waals surface area contributed by atoms with Crippen LogP contribution in [0.2, 0.25) is 0 Å². The second-order valence-corrected chi connectivity index (χ2v) is 3.65. The van der Waals surface area contributed by atoms with Gasteiger partial charge in [-0.3, -0.25) is 9.79 Å². The third-order valence-corrected chi connectivity index (χ3v) is 2.43. The molecule has 0 radical (unpaired) electrons. The lowest BCUT2D eigenvalue weighted by atomic mass is 10.2. The van der Waals surface area contributed by atoms with Gasteiger partial charge >= 0.3 is 0 Å². The molecular formula is C12H15N3O2. The second kappa shape index (κ2) is 5.34. The summed E-state index contributed by atoms with van der Waals surface area (Å²) < 4.78 is 5.36. The Morgan fingerprint density at radius 2 is 2.47 bits per heavy atom. The van der Waals surface area contributed by atoms with E-state index in [4.69, 9.17) is 4.74 Å². The van der Waals surface area contributed by atoms with E-state index in [1.165, 1.54) is 0 Å². The molecule has 0 bridgehead atoms. The van der Waals surface area contributed by atoms with Crippen molar-refractivity contribution in [3.63, 3.8) is 0 Å². The molecule has 0 atom stereocenters. The Morgan fingerprint density at radius 1 is 1.59 bits per heavy atom. The lowest BCUT2D eigenvalue weighted by Gasteiger charge is -2.07. The minimum atomic E-state index is -0.147. The maximum absolute atomic E-state index is 11.1. The summed E-state index contributed by atoms with van der Waals surface area (Å²) in [5.74, 6) is 1.41. The van der Waals surface area contributed by atoms with E-state index in [1.54, 1.807) is 7.05 Å². The second-order valence-electron chi connectivity index (χ2n) is 3.65. The summed E-state index contributed by atoms with van der Waals surface area (Å²) in [7, 11) is 1.58. The van der Waals surface area contributed by atoms with Crippen LogP contribution in [0.1, 0.15) is 5.56 Å². The fourth-order valence-electron chi connectivity index (χ4n) is 1.55. The van der Waals surface area contributed by atoms with Crippen LogP contribution in [0.15, 0.2) is 29.3 Å². The van der Waals surface area contributed by atoms with Gasteiger partial charge in [-0.1, -0.05) is 12.1 Å². The molecule has 0 fully saturated rings. The summed E-state index contributed by atoms with van der Waals surface area (Å²) in [5, 5.41) is 5.70. The fraction of sp³-hybridized carbons (Fsp3) is 0.333. The van der Waals surface area contributed by atoms with E-state index >= 15 is 0 Å². The molecule has 90 valence electrons. The van der Waals surface area contributed by atoms with Crippen molar-refractivity contribution in [2.45, 2.75) is 0 Å². The highest BCUT2D eigenvalue weighted by molar-refractivity contribution is 6.00. The largest absolute Gasteiger partial charge is 0.484 e. The Balaban J connectivity index is 2.03. The molecule has 1 aromatic rings. The SMILES string of the molecule is CNC(=O)COc1cccc(C2=NCCN2)c1. The lowest BCUT2D eigenvalue weighted by molar-refractivity contribution is -0.122. The number of amides is 1. The normalized spacial score (nSPS) is 13.8. The monoisotopic (exact) mass is 233 g/mol. The van der Waals surface area contributed by atoms with Gasteiger partial charge in [-0.05, 0) is 12.1 Å². The van der Waals surface area contributed by atoms with Gasteiger partial charge in [-0.2, -0.15) is 0 Å². The van der Waals surface area contributed by atoms with Crippen molar-refractivity contribution < 1.29 is 9.53 Å². The van der Waals surface area contributed by atoms with Gasteiger partial charge < -0.3 is 15.4 Å². The molecule has 1 amide bonds. The Bertz CT molecular complexity index is 443. The zero-order chi connectivity index (χ0) is 12.1. The van der Waals surface area contributed by atoms with Crippen molar-refractivity contribution >= 4 is 11.7 Å². The molecule has 0 saturated heterocycles. The highest BCUT2D eigenvalue weighted by atomic mass is 16.5. The van der Waals surface area contributed by atoms with Crippen LogP contribution in [-0.2, 0) is 4.79 Å². The molecule has 5 heteroatoms. The lowest BCUT2D eigenvalue weighted by Crippen LogP contribution is -2.25. The molecule has 2 N–H and O–H groups in total. The summed E-state index contributed by atoms with van der Waals surface area (Å²) in [6, 6.07) is 7.54. The number of ether oxygens (including phenoxy) is 1. The number of carbonyl (C=O) groups is 1. The van der Waals surface area contributed by atoms with E-state index in [1.807, 2.05) is 24.3 Å². The predicted molar refractivity (Wildman–Crippen MR) is 65.4 cm³/mol. The molecule has 2 rings (SSSR count). The fourth-order valence-corrected chi connectivity index (χ4v) is 1.55. The van der Waals surface area contributed by atoms with Crippen molar-refractivity contribution in [1.82, 2.24) is 10.6 Å². The zero-order valence-electron chi connectivity index (χ0n) is 9.69. The van der Waals surface area contributed by atoms with Crippen molar-refractivity contribution in [2.75, 3.05) is 26.7 Å². The highest BCUT2D eigenvalue weighted by Crippen LogP contribution is 2.14. The van der Waals surface area contributed by atoms with Crippen LogP contribution in [0.5, 0.6) is 5.75 Å². The van der Waals surface area contributed by atoms with Gasteiger partial charge in [-0.15, -0.1) is 0 Å². The van der Waals surface area contributed by atoms with Crippen molar-refractivity contribution in [1.29, 1.82) is 0 Å². The number of nitrogens with zero attached hydrogens (tertiary/aromatic N) is 1. The van der Waals surface area contributed by atoms with E-state index in [-0.39, 0.29) is 12.5 Å². The standard InChI is InChI=1S/C12H15N3O2/c1-13-11(16)8-17-10-4-2-3-9(7-10)12-14-5-6-15-12/h2-4,7H,5-6,8H2,1H3,(H,13,16)(H,14,15). The van der Waals surface area contributed by atoms with Gasteiger partial charge in [0.25, 0.3) is 5.91 Å². The topological polar surface area (TPSA) is 62.7 Å². The van der Waals surface area contributed by atoms with Crippen LogP contribution in [0.4, 0.5) is 0 Å². The maximum atomic E-state index is 11.1. The molecule has 1 aliphatic rings. The number of hydrogen-bond acceptors (Lipinski definition) is 4. The third-order valence-electron chi connectivity index (χ3n) is 2.43. The van der Waals surface area contributed by atoms with Crippen LogP contribution in [0.3, 0.4) is 0 Å². The van der Waals surface area contributed by atoms with E-state index in [0.29, 0.717) is 5.75 Å². The number of aliphatic imine (C=N–C) groups is 1. The van der Waals surface area contributed by atoms with Crippen LogP contribution in [0, 0.1) is 0 Å². The van der Waals surface area contributed by atoms with E-state index < -0.39 is 0 Å². The zero-order valence-corrected chi connectivity index (χ0v) is 9.69. The smallest absolute Gasteiger partial charge is 0.257 e. The first-order chi connectivity index (χ1) is 8.29. The average molecular weight is 233 g/mol. The van der Waals surface area contributed by atoms with Crippen LogP contribution >= 0.6 is 0 Å². The third kappa shape index (κ3) is 2.96. The van der Waals surface area contributed by atoms with Crippen LogP contribution < -0.4 is 15.4 Å². The molecule has 1 aromatic carbocycles. The quantitative estimate of drug-likeness (QED) is 0.778. The number of benzene rings is 1. The molecule has 0 aliphatic carbocycles. The van der Waals surface area contributed by atoms with E-state index in [9.17, 15) is 4.79 Å². The summed E-state index contributed by atoms with van der Waals surface area (Å²) >= 11 is 0. The molecule has 1 aliphatic heterocycles. The molecule has 1 heterocycles. The van der Waals surface area contributed by atoms with Gasteiger partial charge in [0.05, 0.1) is 6.54 Å². The summed E-state index contributed by atoms with van der Waals surface area (Å²) in [6.07, 6.45) is 0. The van der Waals surface area contributed by atoms with Gasteiger partial charge in [0.2, 0.25) is 0 Å². The first kappa shape index (κ1) is 11.4. The number of carbonyl (C=O) groups excluding carboxylic acids is 1. The molecule has 5 nitrogen and oxygen atoms in total. The summed E-state index contributed by atoms with van der Waals surface area (Å²) in [4.78, 5) is 15.4. The van der Waals surface area contributed by atoms with Crippen molar-refractivity contribution in [3.05, 3.63) is 29.8 Å². The summed E-state index contributed by atoms with van der Waals surface area (Å²) in [5.41, 5.74) is 0.983. The Labute approximate surface area is 99.9 Å². The molecule has 0 spiro atoms. The van der Waals surface area contributed by atoms with Gasteiger partial charge in [0.1, 0.15) is 11.6 Å². The number of rotatable bonds is 4. The van der Waals surface area contributed by atoms with Crippen LogP contribution in [-0.4, -0.2) is 38.5 Å². The van der Waals surface area contributed by atoms with Crippen molar-refractivity contribution in [3.8, 4) is 5.75 Å². The molecular weight excluding hydrogens is 218 g/mol. The summed E-state index contributed by atoms with van der Waals surface area (Å²) in [6.45, 7) is 1.71. The first-order valence-electron chi connectivity index (χ1n) is 5.52. The van der Waals surface area contributed by atoms with E-state index in [2.05, 4.69) is 15.6 Å². The number of amidine groups is 1. The average Bonchev–Trinajstić information content (AvgIpc) is 2.90. The van der Waals surface area contributed by atoms with Crippen LogP contribution in [0.25, 0.3) is 0 Å². The van der Waals surface area contributed by atoms with Gasteiger partial charge in [0.15, 0.2) is 6.61 Å². The predicted octanol–water partition coefficient (Wildman–Crippen LogP) is 0.161. The molecule has 0 saturated carbocycles. The van der Waals surface area contributed by atoms with E-state index in [0.717, 1.165) is 24.5 Å². The molecule has 0 unspecified atom stereocenters. The Hall–Kier alpha value is -2.04. The highest BCUT2D eigenvalue weighted by Gasteiger charge is 2.08. The van der Waals surface area contributed by atoms with Gasteiger partial charge in [0, 0.05) is 19.2 Å². The minimum Gasteiger partial charge on any atom is -0.484 e. The number of likely N-dealkylation sites (N-methyl/N-ethyl adjacent to an activating group) is 1. The number of nitrogens with one attached hydrogen (secondary N) is 2. The minimum absolute atomic E-state index is 0.0276. The maximum Gasteiger partial charge on any atom is 0.257 e. The van der Waals surface area contributed by atoms with Gasteiger partial charge in [-0.25, -0.2) is 0 Å². The van der Waals surface area contributed by atoms with Crippen molar-refractivity contribution in [2.24, 2.45) is 4.99 Å².